The summed E-state index contributed by atoms with van der Waals surface area (Å²) in [5.74, 6) is 0.909. The number of hydrogen-bond acceptors (Lipinski definition) is 4. The second-order valence-corrected chi connectivity index (χ2v) is 10.9. The molecule has 5 rings (SSSR count). The van der Waals surface area contributed by atoms with Crippen molar-refractivity contribution >= 4 is 50.9 Å². The number of rotatable bonds is 1. The molecule has 0 atom stereocenters. The fourth-order valence-corrected chi connectivity index (χ4v) is 7.50. The molecule has 6 heteroatoms. The van der Waals surface area contributed by atoms with E-state index in [0.717, 1.165) is 15.8 Å². The molecular weight excluding hydrogens is 411 g/mol. The molecular formula is C20H16N2O2SSe. The Kier molecular flexibility index (Phi) is 3.35. The molecule has 0 radical (unpaired) electrons. The van der Waals surface area contributed by atoms with E-state index in [2.05, 4.69) is 37.0 Å². The van der Waals surface area contributed by atoms with Gasteiger partial charge in [-0.15, -0.1) is 0 Å². The minimum atomic E-state index is -3.56. The van der Waals surface area contributed by atoms with Crippen LogP contribution in [0.15, 0.2) is 64.5 Å². The van der Waals surface area contributed by atoms with Crippen LogP contribution in [0.4, 0.5) is 17.2 Å². The van der Waals surface area contributed by atoms with Gasteiger partial charge in [0.15, 0.2) is 0 Å². The monoisotopic (exact) mass is 428 g/mol. The molecule has 0 spiro atoms. The van der Waals surface area contributed by atoms with Gasteiger partial charge in [-0.1, -0.05) is 0 Å². The van der Waals surface area contributed by atoms with Gasteiger partial charge in [0.05, 0.1) is 0 Å². The zero-order valence-electron chi connectivity index (χ0n) is 14.3. The Balaban J connectivity index is 1.89. The first-order chi connectivity index (χ1) is 12.5. The fraction of sp³-hybridized carbons (Fsp3) is 0.150. The van der Waals surface area contributed by atoms with Crippen molar-refractivity contribution in [1.82, 2.24) is 4.98 Å². The summed E-state index contributed by atoms with van der Waals surface area (Å²) in [6, 6.07) is 15.5. The molecule has 1 aromatic heterocycles. The van der Waals surface area contributed by atoms with Crippen LogP contribution in [-0.4, -0.2) is 28.4 Å². The van der Waals surface area contributed by atoms with Crippen LogP contribution in [0.5, 0.6) is 0 Å². The van der Waals surface area contributed by atoms with E-state index in [-0.39, 0.29) is 19.9 Å². The van der Waals surface area contributed by atoms with E-state index in [1.807, 2.05) is 17.0 Å². The summed E-state index contributed by atoms with van der Waals surface area (Å²) in [6.45, 7) is 4.34. The molecule has 0 fully saturated rings. The van der Waals surface area contributed by atoms with E-state index in [1.165, 1.54) is 10.0 Å². The summed E-state index contributed by atoms with van der Waals surface area (Å²) >= 11 is 0.0640. The van der Waals surface area contributed by atoms with Crippen LogP contribution in [0.2, 0.25) is 0 Å². The summed E-state index contributed by atoms with van der Waals surface area (Å²) < 4.78 is 28.7. The summed E-state index contributed by atoms with van der Waals surface area (Å²) in [5, 5.41) is 0. The van der Waals surface area contributed by atoms with Crippen molar-refractivity contribution in [2.75, 3.05) is 4.90 Å². The fourth-order valence-electron chi connectivity index (χ4n) is 3.51. The third-order valence-electron chi connectivity index (χ3n) is 4.84. The molecule has 0 aliphatic carbocycles. The molecule has 4 nitrogen and oxygen atoms in total. The molecule has 0 saturated carbocycles. The summed E-state index contributed by atoms with van der Waals surface area (Å²) in [4.78, 5) is 7.18. The van der Waals surface area contributed by atoms with Gasteiger partial charge >= 0.3 is 159 Å². The second kappa shape index (κ2) is 5.43. The van der Waals surface area contributed by atoms with Crippen molar-refractivity contribution in [2.24, 2.45) is 0 Å². The first kappa shape index (κ1) is 16.1. The predicted molar refractivity (Wildman–Crippen MR) is 103 cm³/mol. The van der Waals surface area contributed by atoms with Crippen LogP contribution in [0.3, 0.4) is 0 Å². The standard InChI is InChI=1S/C20H16N2O2SSe/c1-12(2)13-8-9-17-14(11-13)22-19-15(5-3-7-18(19)26-17)25(23,24)16-6-4-10-21-20(16)22/h3-12H,1-2H3. The first-order valence-electron chi connectivity index (χ1n) is 8.43. The van der Waals surface area contributed by atoms with Gasteiger partial charge in [0.2, 0.25) is 0 Å². The average molecular weight is 427 g/mol. The Morgan fingerprint density at radius 1 is 1.00 bits per heavy atom. The minimum absolute atomic E-state index is 0.0640. The summed E-state index contributed by atoms with van der Waals surface area (Å²) in [7, 11) is -3.56. The van der Waals surface area contributed by atoms with Crippen molar-refractivity contribution in [3.63, 3.8) is 0 Å². The first-order valence-corrected chi connectivity index (χ1v) is 11.6. The summed E-state index contributed by atoms with van der Waals surface area (Å²) in [5.41, 5.74) is 3.09. The molecule has 2 aliphatic heterocycles. The number of nitrogens with zero attached hydrogens (tertiary/aromatic N) is 2. The van der Waals surface area contributed by atoms with Gasteiger partial charge in [-0.3, -0.25) is 0 Å². The summed E-state index contributed by atoms with van der Waals surface area (Å²) in [6.07, 6.45) is 1.66. The molecule has 26 heavy (non-hydrogen) atoms. The number of aromatic nitrogens is 1. The zero-order valence-corrected chi connectivity index (χ0v) is 16.8. The average Bonchev–Trinajstić information content (AvgIpc) is 2.64. The third kappa shape index (κ3) is 2.07. The number of pyridine rings is 1. The van der Waals surface area contributed by atoms with Crippen LogP contribution in [0, 0.1) is 0 Å². The molecule has 130 valence electrons. The molecule has 0 N–H and O–H groups in total. The van der Waals surface area contributed by atoms with Gasteiger partial charge in [-0.2, -0.15) is 0 Å². The van der Waals surface area contributed by atoms with Gasteiger partial charge in [-0.05, 0) is 0 Å². The molecule has 3 heterocycles. The number of hydrogen-bond donors (Lipinski definition) is 0. The van der Waals surface area contributed by atoms with Crippen molar-refractivity contribution in [2.45, 2.75) is 29.6 Å². The van der Waals surface area contributed by atoms with Crippen molar-refractivity contribution in [3.8, 4) is 0 Å². The molecule has 2 aromatic carbocycles. The molecule has 0 saturated heterocycles. The van der Waals surface area contributed by atoms with E-state index in [1.54, 1.807) is 24.4 Å². The number of fused-ring (bicyclic) bond motifs is 4. The van der Waals surface area contributed by atoms with E-state index in [9.17, 15) is 8.42 Å². The Hall–Kier alpha value is -2.14. The Morgan fingerprint density at radius 2 is 1.81 bits per heavy atom. The van der Waals surface area contributed by atoms with Crippen LogP contribution < -0.4 is 13.8 Å². The van der Waals surface area contributed by atoms with Crippen LogP contribution in [-0.2, 0) is 9.84 Å². The van der Waals surface area contributed by atoms with Gasteiger partial charge in [-0.25, -0.2) is 0 Å². The van der Waals surface area contributed by atoms with Crippen molar-refractivity contribution in [1.29, 1.82) is 0 Å². The van der Waals surface area contributed by atoms with Crippen LogP contribution >= 0.6 is 0 Å². The van der Waals surface area contributed by atoms with Crippen LogP contribution in [0.1, 0.15) is 25.3 Å². The predicted octanol–water partition coefficient (Wildman–Crippen LogP) is 2.79. The number of para-hydroxylation sites is 1. The van der Waals surface area contributed by atoms with Crippen LogP contribution in [0.25, 0.3) is 0 Å². The second-order valence-electron chi connectivity index (χ2n) is 6.75. The Bertz CT molecular complexity index is 1170. The van der Waals surface area contributed by atoms with E-state index in [4.69, 9.17) is 0 Å². The SMILES string of the molecule is CC(C)c1ccc2c(c1)N1c3ncccc3S(=O)(=O)c3cccc(c31)[Se]2. The van der Waals surface area contributed by atoms with E-state index < -0.39 is 9.84 Å². The normalized spacial score (nSPS) is 16.0. The number of sulfone groups is 1. The van der Waals surface area contributed by atoms with Gasteiger partial charge in [0.1, 0.15) is 0 Å². The maximum atomic E-state index is 13.2. The number of benzene rings is 2. The molecule has 2 aliphatic rings. The zero-order chi connectivity index (χ0) is 18.1. The van der Waals surface area contributed by atoms with Gasteiger partial charge in [0.25, 0.3) is 0 Å². The van der Waals surface area contributed by atoms with Crippen molar-refractivity contribution in [3.05, 3.63) is 60.3 Å². The van der Waals surface area contributed by atoms with Gasteiger partial charge in [0, 0.05) is 0 Å². The number of anilines is 3. The third-order valence-corrected chi connectivity index (χ3v) is 8.98. The van der Waals surface area contributed by atoms with Crippen molar-refractivity contribution < 1.29 is 8.42 Å². The Labute approximate surface area is 159 Å². The van der Waals surface area contributed by atoms with E-state index in [0.29, 0.717) is 16.6 Å². The van der Waals surface area contributed by atoms with Gasteiger partial charge < -0.3 is 0 Å². The molecule has 0 amide bonds. The topological polar surface area (TPSA) is 50.3 Å². The molecule has 3 aromatic rings. The molecule has 0 unspecified atom stereocenters. The Morgan fingerprint density at radius 3 is 2.62 bits per heavy atom. The quantitative estimate of drug-likeness (QED) is 0.386. The van der Waals surface area contributed by atoms with E-state index >= 15 is 0 Å². The molecule has 0 bridgehead atoms. The maximum absolute atomic E-state index is 13.2.